The number of aromatic nitrogens is 1. The largest absolute Gasteiger partial charge is 0.508 e. The Balaban J connectivity index is 2.46. The molecule has 0 atom stereocenters. The van der Waals surface area contributed by atoms with Gasteiger partial charge in [-0.3, -0.25) is 4.79 Å². The fourth-order valence-electron chi connectivity index (χ4n) is 2.38. The maximum absolute atomic E-state index is 12.4. The molecule has 4 nitrogen and oxygen atoms in total. The van der Waals surface area contributed by atoms with Crippen molar-refractivity contribution in [2.45, 2.75) is 0 Å². The SMILES string of the molecule is Cn1c(=O)c(-c2ccccc2)c(O)c2ccc(O)cc21. The summed E-state index contributed by atoms with van der Waals surface area (Å²) in [4.78, 5) is 12.4. The molecule has 2 N–H and O–H groups in total. The zero-order chi connectivity index (χ0) is 14.3. The van der Waals surface area contributed by atoms with Crippen LogP contribution in [0, 0.1) is 0 Å². The summed E-state index contributed by atoms with van der Waals surface area (Å²) < 4.78 is 1.43. The Kier molecular flexibility index (Phi) is 2.71. The van der Waals surface area contributed by atoms with Crippen LogP contribution in [0.3, 0.4) is 0 Å². The molecule has 0 aliphatic rings. The normalized spacial score (nSPS) is 10.8. The second-order valence-electron chi connectivity index (χ2n) is 4.66. The Morgan fingerprint density at radius 2 is 1.70 bits per heavy atom. The summed E-state index contributed by atoms with van der Waals surface area (Å²) in [5.41, 5.74) is 1.13. The minimum Gasteiger partial charge on any atom is -0.508 e. The Labute approximate surface area is 115 Å². The van der Waals surface area contributed by atoms with Gasteiger partial charge in [-0.1, -0.05) is 30.3 Å². The first-order chi connectivity index (χ1) is 9.59. The fourth-order valence-corrected chi connectivity index (χ4v) is 2.38. The second kappa shape index (κ2) is 4.42. The van der Waals surface area contributed by atoms with Crippen LogP contribution in [0.15, 0.2) is 53.3 Å². The van der Waals surface area contributed by atoms with E-state index in [4.69, 9.17) is 0 Å². The minimum atomic E-state index is -0.299. The summed E-state index contributed by atoms with van der Waals surface area (Å²) >= 11 is 0. The highest BCUT2D eigenvalue weighted by molar-refractivity contribution is 5.92. The van der Waals surface area contributed by atoms with Crippen molar-refractivity contribution >= 4 is 10.9 Å². The molecule has 3 rings (SSSR count). The van der Waals surface area contributed by atoms with E-state index < -0.39 is 0 Å². The first kappa shape index (κ1) is 12.3. The molecule has 1 heterocycles. The van der Waals surface area contributed by atoms with Crippen LogP contribution in [-0.4, -0.2) is 14.8 Å². The van der Waals surface area contributed by atoms with E-state index in [0.717, 1.165) is 0 Å². The van der Waals surface area contributed by atoms with Gasteiger partial charge in [0.05, 0.1) is 11.1 Å². The van der Waals surface area contributed by atoms with Crippen LogP contribution in [0.1, 0.15) is 0 Å². The van der Waals surface area contributed by atoms with Crippen LogP contribution in [0.5, 0.6) is 11.5 Å². The van der Waals surface area contributed by atoms with E-state index in [2.05, 4.69) is 0 Å². The predicted molar refractivity (Wildman–Crippen MR) is 78.0 cm³/mol. The lowest BCUT2D eigenvalue weighted by Crippen LogP contribution is -2.19. The average molecular weight is 267 g/mol. The predicted octanol–water partition coefficient (Wildman–Crippen LogP) is 2.62. The van der Waals surface area contributed by atoms with E-state index in [1.165, 1.54) is 16.7 Å². The van der Waals surface area contributed by atoms with Gasteiger partial charge < -0.3 is 14.8 Å². The number of nitrogens with zero attached hydrogens (tertiary/aromatic N) is 1. The van der Waals surface area contributed by atoms with Gasteiger partial charge in [-0.2, -0.15) is 0 Å². The Morgan fingerprint density at radius 1 is 1.00 bits per heavy atom. The van der Waals surface area contributed by atoms with Gasteiger partial charge >= 0.3 is 0 Å². The number of benzene rings is 2. The Bertz CT molecular complexity index is 851. The summed E-state index contributed by atoms with van der Waals surface area (Å²) in [5, 5.41) is 20.5. The molecule has 0 saturated carbocycles. The van der Waals surface area contributed by atoms with Crippen molar-refractivity contribution in [3.05, 3.63) is 58.9 Å². The third kappa shape index (κ3) is 1.73. The van der Waals surface area contributed by atoms with Crippen LogP contribution in [-0.2, 0) is 7.05 Å². The molecular weight excluding hydrogens is 254 g/mol. The number of hydrogen-bond acceptors (Lipinski definition) is 3. The van der Waals surface area contributed by atoms with E-state index in [9.17, 15) is 15.0 Å². The van der Waals surface area contributed by atoms with E-state index in [1.807, 2.05) is 18.2 Å². The molecule has 0 aliphatic carbocycles. The molecule has 0 amide bonds. The van der Waals surface area contributed by atoms with Gasteiger partial charge in [-0.25, -0.2) is 0 Å². The molecule has 0 bridgehead atoms. The summed E-state index contributed by atoms with van der Waals surface area (Å²) in [6.07, 6.45) is 0. The molecule has 0 aliphatic heterocycles. The standard InChI is InChI=1S/C16H13NO3/c1-17-13-9-11(18)7-8-12(13)15(19)14(16(17)20)10-5-3-2-4-6-10/h2-9,18-19H,1H3. The number of aromatic hydroxyl groups is 2. The van der Waals surface area contributed by atoms with Gasteiger partial charge in [0, 0.05) is 18.5 Å². The molecule has 3 aromatic rings. The maximum Gasteiger partial charge on any atom is 0.262 e. The van der Waals surface area contributed by atoms with E-state index in [1.54, 1.807) is 25.2 Å². The van der Waals surface area contributed by atoms with Gasteiger partial charge in [0.1, 0.15) is 11.5 Å². The summed E-state index contributed by atoms with van der Waals surface area (Å²) in [5.74, 6) is -0.00587. The van der Waals surface area contributed by atoms with Crippen LogP contribution in [0.4, 0.5) is 0 Å². The molecule has 4 heteroatoms. The molecular formula is C16H13NO3. The molecule has 100 valence electrons. The maximum atomic E-state index is 12.4. The van der Waals surface area contributed by atoms with Crippen LogP contribution >= 0.6 is 0 Å². The van der Waals surface area contributed by atoms with Gasteiger partial charge in [0.2, 0.25) is 0 Å². The monoisotopic (exact) mass is 267 g/mol. The molecule has 0 spiro atoms. The lowest BCUT2D eigenvalue weighted by atomic mass is 10.0. The van der Waals surface area contributed by atoms with Gasteiger partial charge in [0.25, 0.3) is 5.56 Å². The number of phenolic OH excluding ortho intramolecular Hbond substituents is 1. The average Bonchev–Trinajstić information content (AvgIpc) is 2.46. The highest BCUT2D eigenvalue weighted by Crippen LogP contribution is 2.33. The lowest BCUT2D eigenvalue weighted by Gasteiger charge is -2.12. The molecule has 20 heavy (non-hydrogen) atoms. The third-order valence-electron chi connectivity index (χ3n) is 3.42. The number of aryl methyl sites for hydroxylation is 1. The number of phenols is 1. The third-order valence-corrected chi connectivity index (χ3v) is 3.42. The van der Waals surface area contributed by atoms with Gasteiger partial charge in [0.15, 0.2) is 0 Å². The number of rotatable bonds is 1. The number of fused-ring (bicyclic) bond motifs is 1. The molecule has 0 saturated heterocycles. The fraction of sp³-hybridized carbons (Fsp3) is 0.0625. The molecule has 1 aromatic heterocycles. The van der Waals surface area contributed by atoms with Gasteiger partial charge in [-0.05, 0) is 17.7 Å². The van der Waals surface area contributed by atoms with Crippen molar-refractivity contribution in [1.82, 2.24) is 4.57 Å². The molecule has 0 radical (unpaired) electrons. The van der Waals surface area contributed by atoms with E-state index in [0.29, 0.717) is 16.5 Å². The Hall–Kier alpha value is -2.75. The highest BCUT2D eigenvalue weighted by Gasteiger charge is 2.16. The van der Waals surface area contributed by atoms with Crippen LogP contribution in [0.25, 0.3) is 22.0 Å². The highest BCUT2D eigenvalue weighted by atomic mass is 16.3. The van der Waals surface area contributed by atoms with E-state index >= 15 is 0 Å². The van der Waals surface area contributed by atoms with Gasteiger partial charge in [-0.15, -0.1) is 0 Å². The summed E-state index contributed by atoms with van der Waals surface area (Å²) in [7, 11) is 1.62. The van der Waals surface area contributed by atoms with Crippen molar-refractivity contribution in [3.8, 4) is 22.6 Å². The molecule has 0 unspecified atom stereocenters. The lowest BCUT2D eigenvalue weighted by molar-refractivity contribution is 0.474. The number of hydrogen-bond donors (Lipinski definition) is 2. The summed E-state index contributed by atoms with van der Waals surface area (Å²) in [6, 6.07) is 13.6. The second-order valence-corrected chi connectivity index (χ2v) is 4.66. The zero-order valence-electron chi connectivity index (χ0n) is 10.9. The minimum absolute atomic E-state index is 0.0550. The van der Waals surface area contributed by atoms with E-state index in [-0.39, 0.29) is 22.6 Å². The van der Waals surface area contributed by atoms with Crippen LogP contribution in [0.2, 0.25) is 0 Å². The molecule has 2 aromatic carbocycles. The quantitative estimate of drug-likeness (QED) is 0.712. The van der Waals surface area contributed by atoms with Crippen molar-refractivity contribution in [2.24, 2.45) is 7.05 Å². The zero-order valence-corrected chi connectivity index (χ0v) is 10.9. The summed E-state index contributed by atoms with van der Waals surface area (Å²) in [6.45, 7) is 0. The Morgan fingerprint density at radius 3 is 2.40 bits per heavy atom. The topological polar surface area (TPSA) is 62.5 Å². The van der Waals surface area contributed by atoms with Crippen molar-refractivity contribution in [1.29, 1.82) is 0 Å². The number of pyridine rings is 1. The first-order valence-corrected chi connectivity index (χ1v) is 6.19. The van der Waals surface area contributed by atoms with Crippen molar-refractivity contribution in [3.63, 3.8) is 0 Å². The van der Waals surface area contributed by atoms with Crippen molar-refractivity contribution in [2.75, 3.05) is 0 Å². The van der Waals surface area contributed by atoms with Crippen LogP contribution < -0.4 is 5.56 Å². The molecule has 0 fully saturated rings. The smallest absolute Gasteiger partial charge is 0.262 e. The first-order valence-electron chi connectivity index (χ1n) is 6.19. The van der Waals surface area contributed by atoms with Crippen molar-refractivity contribution < 1.29 is 10.2 Å².